The lowest BCUT2D eigenvalue weighted by Gasteiger charge is -2.11. The average molecular weight is 304 g/mol. The number of nitrogens with one attached hydrogen (secondary N) is 1. The molecule has 0 radical (unpaired) electrons. The van der Waals surface area contributed by atoms with Crippen molar-refractivity contribution in [2.24, 2.45) is 0 Å². The Morgan fingerprint density at radius 2 is 2.11 bits per heavy atom. The number of hydrogen-bond donors (Lipinski definition) is 1. The van der Waals surface area contributed by atoms with Crippen molar-refractivity contribution in [1.29, 1.82) is 5.26 Å². The maximum atomic E-state index is 10.6. The van der Waals surface area contributed by atoms with Gasteiger partial charge in [-0.05, 0) is 7.05 Å². The van der Waals surface area contributed by atoms with Crippen molar-refractivity contribution in [2.75, 3.05) is 13.7 Å². The first-order valence-electron chi connectivity index (χ1n) is 5.32. The molecular formula is C11H11Cl2N3O3. The predicted molar refractivity (Wildman–Crippen MR) is 71.7 cm³/mol. The van der Waals surface area contributed by atoms with Crippen molar-refractivity contribution < 1.29 is 9.66 Å². The van der Waals surface area contributed by atoms with E-state index in [0.717, 1.165) is 0 Å². The molecule has 0 aromatic heterocycles. The molecule has 0 aliphatic carbocycles. The van der Waals surface area contributed by atoms with Crippen LogP contribution in [0.2, 0.25) is 10.0 Å². The molecule has 0 aliphatic rings. The van der Waals surface area contributed by atoms with Gasteiger partial charge in [-0.1, -0.05) is 23.2 Å². The highest BCUT2D eigenvalue weighted by atomic mass is 35.5. The molecular weight excluding hydrogens is 293 g/mol. The third kappa shape index (κ3) is 4.24. The fourth-order valence-corrected chi connectivity index (χ4v) is 1.93. The van der Waals surface area contributed by atoms with Crippen molar-refractivity contribution in [3.8, 4) is 11.8 Å². The molecule has 1 unspecified atom stereocenters. The fraction of sp³-hybridized carbons (Fsp3) is 0.364. The molecule has 19 heavy (non-hydrogen) atoms. The van der Waals surface area contributed by atoms with Gasteiger partial charge >= 0.3 is 0 Å². The van der Waals surface area contributed by atoms with Crippen LogP contribution in [0.5, 0.6) is 5.75 Å². The van der Waals surface area contributed by atoms with Gasteiger partial charge in [0.25, 0.3) is 5.69 Å². The Bertz CT molecular complexity index is 493. The zero-order valence-electron chi connectivity index (χ0n) is 10.0. The Morgan fingerprint density at radius 3 is 2.53 bits per heavy atom. The molecule has 8 heteroatoms. The first-order chi connectivity index (χ1) is 8.99. The molecule has 102 valence electrons. The molecule has 0 fully saturated rings. The third-order valence-electron chi connectivity index (χ3n) is 2.35. The molecule has 1 aromatic rings. The number of halogens is 2. The van der Waals surface area contributed by atoms with Gasteiger partial charge in [0.05, 0.1) is 33.7 Å². The van der Waals surface area contributed by atoms with E-state index in [9.17, 15) is 10.1 Å². The van der Waals surface area contributed by atoms with Gasteiger partial charge in [-0.15, -0.1) is 0 Å². The zero-order chi connectivity index (χ0) is 14.4. The second kappa shape index (κ2) is 7.14. The number of hydrogen-bond acceptors (Lipinski definition) is 5. The minimum absolute atomic E-state index is 0.0668. The van der Waals surface area contributed by atoms with Gasteiger partial charge in [-0.3, -0.25) is 10.1 Å². The number of ether oxygens (including phenoxy) is 1. The molecule has 0 saturated carbocycles. The van der Waals surface area contributed by atoms with Gasteiger partial charge in [-0.2, -0.15) is 5.26 Å². The smallest absolute Gasteiger partial charge is 0.272 e. The van der Waals surface area contributed by atoms with Crippen LogP contribution in [0.3, 0.4) is 0 Å². The Morgan fingerprint density at radius 1 is 1.53 bits per heavy atom. The quantitative estimate of drug-likeness (QED) is 0.645. The van der Waals surface area contributed by atoms with Crippen LogP contribution in [0.25, 0.3) is 0 Å². The van der Waals surface area contributed by atoms with E-state index in [1.165, 1.54) is 12.1 Å². The highest BCUT2D eigenvalue weighted by Gasteiger charge is 2.16. The van der Waals surface area contributed by atoms with Crippen LogP contribution in [-0.2, 0) is 0 Å². The van der Waals surface area contributed by atoms with Crippen LogP contribution in [0.1, 0.15) is 6.42 Å². The SMILES string of the molecule is CNC(C#N)CCOc1c(Cl)cc([N+](=O)[O-])cc1Cl. The Labute approximate surface area is 120 Å². The number of nitro groups is 1. The van der Waals surface area contributed by atoms with Gasteiger partial charge in [0.2, 0.25) is 0 Å². The molecule has 1 atom stereocenters. The molecule has 0 saturated heterocycles. The fourth-order valence-electron chi connectivity index (χ4n) is 1.34. The van der Waals surface area contributed by atoms with Crippen LogP contribution >= 0.6 is 23.2 Å². The monoisotopic (exact) mass is 303 g/mol. The standard InChI is InChI=1S/C11H11Cl2N3O3/c1-15-7(6-14)2-3-19-11-9(12)4-8(16(17)18)5-10(11)13/h4-5,7,15H,2-3H2,1H3. The van der Waals surface area contributed by atoms with Gasteiger partial charge < -0.3 is 10.1 Å². The summed E-state index contributed by atoms with van der Waals surface area (Å²) in [5.74, 6) is 0.182. The second-order valence-corrected chi connectivity index (χ2v) is 4.42. The van der Waals surface area contributed by atoms with Gasteiger partial charge in [0.15, 0.2) is 5.75 Å². The summed E-state index contributed by atoms with van der Waals surface area (Å²) < 4.78 is 5.36. The van der Waals surface area contributed by atoms with Crippen LogP contribution in [0.15, 0.2) is 12.1 Å². The van der Waals surface area contributed by atoms with Crippen LogP contribution < -0.4 is 10.1 Å². The molecule has 1 rings (SSSR count). The number of non-ortho nitro benzene ring substituents is 1. The topological polar surface area (TPSA) is 88.2 Å². The van der Waals surface area contributed by atoms with Gasteiger partial charge in [0, 0.05) is 18.6 Å². The molecule has 0 spiro atoms. The van der Waals surface area contributed by atoms with Gasteiger partial charge in [-0.25, -0.2) is 0 Å². The third-order valence-corrected chi connectivity index (χ3v) is 2.91. The number of nitro benzene ring substituents is 1. The molecule has 1 N–H and O–H groups in total. The summed E-state index contributed by atoms with van der Waals surface area (Å²) in [5.41, 5.74) is -0.201. The Hall–Kier alpha value is -1.55. The van der Waals surface area contributed by atoms with E-state index in [1.54, 1.807) is 7.05 Å². The van der Waals surface area contributed by atoms with Crippen LogP contribution in [0, 0.1) is 21.4 Å². The summed E-state index contributed by atoms with van der Waals surface area (Å²) in [5, 5.41) is 22.3. The predicted octanol–water partition coefficient (Wildman–Crippen LogP) is 2.78. The molecule has 0 aliphatic heterocycles. The summed E-state index contributed by atoms with van der Waals surface area (Å²) >= 11 is 11.7. The van der Waals surface area contributed by atoms with Crippen molar-refractivity contribution in [2.45, 2.75) is 12.5 Å². The van der Waals surface area contributed by atoms with Gasteiger partial charge in [0.1, 0.15) is 0 Å². The second-order valence-electron chi connectivity index (χ2n) is 3.60. The minimum atomic E-state index is -0.589. The Balaban J connectivity index is 2.75. The summed E-state index contributed by atoms with van der Waals surface area (Å²) in [6, 6.07) is 4.05. The van der Waals surface area contributed by atoms with E-state index in [1.807, 2.05) is 6.07 Å². The molecule has 0 heterocycles. The molecule has 0 bridgehead atoms. The highest BCUT2D eigenvalue weighted by molar-refractivity contribution is 6.37. The molecule has 6 nitrogen and oxygen atoms in total. The van der Waals surface area contributed by atoms with E-state index in [2.05, 4.69) is 5.32 Å². The van der Waals surface area contributed by atoms with Crippen molar-refractivity contribution in [1.82, 2.24) is 5.32 Å². The van der Waals surface area contributed by atoms with E-state index in [0.29, 0.717) is 6.42 Å². The first-order valence-corrected chi connectivity index (χ1v) is 6.08. The maximum Gasteiger partial charge on any atom is 0.272 e. The molecule has 0 amide bonds. The zero-order valence-corrected chi connectivity index (χ0v) is 11.5. The average Bonchev–Trinajstić information content (AvgIpc) is 2.37. The normalized spacial score (nSPS) is 11.7. The summed E-state index contributed by atoms with van der Waals surface area (Å²) in [7, 11) is 1.67. The van der Waals surface area contributed by atoms with E-state index in [-0.39, 0.29) is 34.1 Å². The number of nitriles is 1. The van der Waals surface area contributed by atoms with Crippen LogP contribution in [-0.4, -0.2) is 24.6 Å². The van der Waals surface area contributed by atoms with E-state index >= 15 is 0 Å². The Kier molecular flexibility index (Phi) is 5.83. The van der Waals surface area contributed by atoms with E-state index < -0.39 is 4.92 Å². The minimum Gasteiger partial charge on any atom is -0.490 e. The number of benzene rings is 1. The maximum absolute atomic E-state index is 10.6. The van der Waals surface area contributed by atoms with Crippen LogP contribution in [0.4, 0.5) is 5.69 Å². The summed E-state index contributed by atoms with van der Waals surface area (Å²) in [6.45, 7) is 0.219. The van der Waals surface area contributed by atoms with E-state index in [4.69, 9.17) is 33.2 Å². The van der Waals surface area contributed by atoms with Crippen molar-refractivity contribution in [3.05, 3.63) is 32.3 Å². The first kappa shape index (κ1) is 15.5. The van der Waals surface area contributed by atoms with Crippen molar-refractivity contribution in [3.63, 3.8) is 0 Å². The molecule has 1 aromatic carbocycles. The van der Waals surface area contributed by atoms with Crippen molar-refractivity contribution >= 4 is 28.9 Å². The highest BCUT2D eigenvalue weighted by Crippen LogP contribution is 2.36. The number of nitrogens with zero attached hydrogens (tertiary/aromatic N) is 2. The summed E-state index contributed by atoms with van der Waals surface area (Å²) in [6.07, 6.45) is 0.441. The summed E-state index contributed by atoms with van der Waals surface area (Å²) in [4.78, 5) is 10.0. The lowest BCUT2D eigenvalue weighted by Crippen LogP contribution is -2.25. The lowest BCUT2D eigenvalue weighted by atomic mass is 10.2. The number of rotatable bonds is 6. The lowest BCUT2D eigenvalue weighted by molar-refractivity contribution is -0.384. The largest absolute Gasteiger partial charge is 0.490 e.